The lowest BCUT2D eigenvalue weighted by Crippen LogP contribution is -2.60. The third-order valence-electron chi connectivity index (χ3n) is 1.70. The van der Waals surface area contributed by atoms with Gasteiger partial charge in [-0.2, -0.15) is 0 Å². The molecule has 0 aromatic heterocycles. The lowest BCUT2D eigenvalue weighted by molar-refractivity contribution is -0.144. The first kappa shape index (κ1) is 8.51. The fourth-order valence-electron chi connectivity index (χ4n) is 0.955. The minimum absolute atomic E-state index is 0.564. The van der Waals surface area contributed by atoms with Gasteiger partial charge in [-0.15, -0.1) is 0 Å². The largest absolute Gasteiger partial charge is 0.480 e. The second-order valence-corrected chi connectivity index (χ2v) is 2.57. The fourth-order valence-corrected chi connectivity index (χ4v) is 0.955. The number of hydrogen-bond acceptors (Lipinski definition) is 3. The number of nitrogens with one attached hydrogen (secondary N) is 2. The molecule has 0 bridgehead atoms. The van der Waals surface area contributed by atoms with Gasteiger partial charge in [0.25, 0.3) is 0 Å². The molecular formula is C6H8N2O4. The topological polar surface area (TPSA) is 95.5 Å². The summed E-state index contributed by atoms with van der Waals surface area (Å²) in [5.41, 5.74) is 0. The second kappa shape index (κ2) is 2.80. The Balaban J connectivity index is 2.79. The van der Waals surface area contributed by atoms with Crippen LogP contribution in [0.15, 0.2) is 0 Å². The van der Waals surface area contributed by atoms with E-state index in [0.29, 0.717) is 0 Å². The van der Waals surface area contributed by atoms with Crippen LogP contribution < -0.4 is 10.6 Å². The predicted molar refractivity (Wildman–Crippen MR) is 37.3 cm³/mol. The molecule has 1 saturated heterocycles. The van der Waals surface area contributed by atoms with E-state index >= 15 is 0 Å². The van der Waals surface area contributed by atoms with Crippen LogP contribution in [0.25, 0.3) is 0 Å². The average molecular weight is 172 g/mol. The molecule has 6 heteroatoms. The summed E-state index contributed by atoms with van der Waals surface area (Å²) in [4.78, 5) is 32.0. The molecule has 12 heavy (non-hydrogen) atoms. The van der Waals surface area contributed by atoms with Gasteiger partial charge in [-0.25, -0.2) is 9.59 Å². The molecule has 6 nitrogen and oxygen atoms in total. The maximum atomic E-state index is 10.9. The van der Waals surface area contributed by atoms with Crippen molar-refractivity contribution < 1.29 is 19.5 Å². The lowest BCUT2D eigenvalue weighted by atomic mass is 10.00. The number of urea groups is 1. The Morgan fingerprint density at radius 2 is 2.08 bits per heavy atom. The smallest absolute Gasteiger partial charge is 0.327 e. The highest BCUT2D eigenvalue weighted by molar-refractivity contribution is 6.02. The van der Waals surface area contributed by atoms with E-state index < -0.39 is 29.9 Å². The van der Waals surface area contributed by atoms with Crippen molar-refractivity contribution in [1.82, 2.24) is 10.6 Å². The summed E-state index contributed by atoms with van der Waals surface area (Å²) < 4.78 is 0. The summed E-state index contributed by atoms with van der Waals surface area (Å²) in [6, 6.07) is -1.88. The number of aliphatic carboxylic acids is 1. The molecule has 2 atom stereocenters. The molecule has 1 rings (SSSR count). The van der Waals surface area contributed by atoms with Crippen LogP contribution in [-0.4, -0.2) is 29.1 Å². The Kier molecular flexibility index (Phi) is 1.99. The second-order valence-electron chi connectivity index (χ2n) is 2.57. The van der Waals surface area contributed by atoms with E-state index in [0.717, 1.165) is 0 Å². The van der Waals surface area contributed by atoms with E-state index in [1.807, 2.05) is 5.32 Å². The zero-order valence-corrected chi connectivity index (χ0v) is 6.33. The summed E-state index contributed by atoms with van der Waals surface area (Å²) >= 11 is 0. The minimum atomic E-state index is -1.20. The molecule has 1 heterocycles. The predicted octanol–water partition coefficient (Wildman–Crippen LogP) is -1.08. The van der Waals surface area contributed by atoms with Gasteiger partial charge in [0.15, 0.2) is 0 Å². The van der Waals surface area contributed by atoms with Crippen LogP contribution in [0.5, 0.6) is 0 Å². The Hall–Kier alpha value is -1.59. The monoisotopic (exact) mass is 172 g/mol. The van der Waals surface area contributed by atoms with Gasteiger partial charge >= 0.3 is 12.0 Å². The van der Waals surface area contributed by atoms with Crippen molar-refractivity contribution in [3.05, 3.63) is 0 Å². The molecule has 0 aromatic rings. The van der Waals surface area contributed by atoms with E-state index in [9.17, 15) is 14.4 Å². The first-order chi connectivity index (χ1) is 5.52. The van der Waals surface area contributed by atoms with Crippen LogP contribution >= 0.6 is 0 Å². The number of carbonyl (C=O) groups excluding carboxylic acids is 2. The van der Waals surface area contributed by atoms with Crippen LogP contribution in [0, 0.1) is 5.92 Å². The third-order valence-corrected chi connectivity index (χ3v) is 1.70. The average Bonchev–Trinajstić information content (AvgIpc) is 1.96. The summed E-state index contributed by atoms with van der Waals surface area (Å²) in [5, 5.41) is 12.6. The van der Waals surface area contributed by atoms with Gasteiger partial charge in [-0.1, -0.05) is 6.92 Å². The minimum Gasteiger partial charge on any atom is -0.480 e. The molecule has 0 aliphatic carbocycles. The number of imide groups is 1. The van der Waals surface area contributed by atoms with Crippen molar-refractivity contribution in [1.29, 1.82) is 0 Å². The van der Waals surface area contributed by atoms with Gasteiger partial charge in [-0.05, 0) is 0 Å². The van der Waals surface area contributed by atoms with E-state index in [-0.39, 0.29) is 0 Å². The van der Waals surface area contributed by atoms with Crippen LogP contribution in [-0.2, 0) is 9.59 Å². The summed E-state index contributed by atoms with van der Waals surface area (Å²) in [6.07, 6.45) is 0. The normalized spacial score (nSPS) is 29.1. The fraction of sp³-hybridized carbons (Fsp3) is 0.500. The van der Waals surface area contributed by atoms with Crippen molar-refractivity contribution in [2.24, 2.45) is 5.92 Å². The Morgan fingerprint density at radius 3 is 2.58 bits per heavy atom. The molecule has 0 spiro atoms. The summed E-state index contributed by atoms with van der Waals surface area (Å²) in [7, 11) is 0. The van der Waals surface area contributed by atoms with Crippen molar-refractivity contribution in [3.63, 3.8) is 0 Å². The molecule has 1 aliphatic heterocycles. The van der Waals surface area contributed by atoms with Gasteiger partial charge in [0.05, 0.1) is 5.92 Å². The maximum absolute atomic E-state index is 10.9. The van der Waals surface area contributed by atoms with Gasteiger partial charge in [0.1, 0.15) is 6.04 Å². The molecular weight excluding hydrogens is 164 g/mol. The van der Waals surface area contributed by atoms with E-state index in [2.05, 4.69) is 5.32 Å². The van der Waals surface area contributed by atoms with Crippen molar-refractivity contribution in [2.45, 2.75) is 13.0 Å². The number of carbonyl (C=O) groups is 3. The number of hydrogen-bond donors (Lipinski definition) is 3. The highest BCUT2D eigenvalue weighted by atomic mass is 16.4. The van der Waals surface area contributed by atoms with E-state index in [4.69, 9.17) is 5.11 Å². The van der Waals surface area contributed by atoms with Crippen molar-refractivity contribution in [3.8, 4) is 0 Å². The van der Waals surface area contributed by atoms with Gasteiger partial charge in [-0.3, -0.25) is 10.1 Å². The molecule has 1 aliphatic rings. The lowest BCUT2D eigenvalue weighted by Gasteiger charge is -2.25. The van der Waals surface area contributed by atoms with Crippen LogP contribution in [0.3, 0.4) is 0 Å². The molecule has 0 saturated carbocycles. The first-order valence-corrected chi connectivity index (χ1v) is 3.36. The zero-order chi connectivity index (χ0) is 9.30. The van der Waals surface area contributed by atoms with Crippen LogP contribution in [0.4, 0.5) is 4.79 Å². The highest BCUT2D eigenvalue weighted by Crippen LogP contribution is 2.07. The SMILES string of the molecule is C[C@@H]1C(=O)NC(=O)N[C@@H]1C(=O)O. The first-order valence-electron chi connectivity index (χ1n) is 3.36. The summed E-state index contributed by atoms with van der Waals surface area (Å²) in [6.45, 7) is 1.44. The van der Waals surface area contributed by atoms with Crippen molar-refractivity contribution in [2.75, 3.05) is 0 Å². The quantitative estimate of drug-likeness (QED) is 0.468. The zero-order valence-electron chi connectivity index (χ0n) is 6.33. The number of amides is 3. The highest BCUT2D eigenvalue weighted by Gasteiger charge is 2.36. The van der Waals surface area contributed by atoms with Crippen LogP contribution in [0.1, 0.15) is 6.92 Å². The molecule has 0 radical (unpaired) electrons. The van der Waals surface area contributed by atoms with Gasteiger partial charge < -0.3 is 10.4 Å². The molecule has 1 fully saturated rings. The number of rotatable bonds is 1. The molecule has 0 aromatic carbocycles. The molecule has 66 valence electrons. The van der Waals surface area contributed by atoms with Crippen LogP contribution in [0.2, 0.25) is 0 Å². The molecule has 3 amide bonds. The number of carboxylic acid groups (broad SMARTS) is 1. The Labute approximate surface area is 67.9 Å². The van der Waals surface area contributed by atoms with E-state index in [1.54, 1.807) is 0 Å². The maximum Gasteiger partial charge on any atom is 0.327 e. The Bertz CT molecular complexity index is 250. The third kappa shape index (κ3) is 1.36. The summed E-state index contributed by atoms with van der Waals surface area (Å²) in [5.74, 6) is -2.50. The van der Waals surface area contributed by atoms with E-state index in [1.165, 1.54) is 6.92 Å². The molecule has 0 unspecified atom stereocenters. The number of carboxylic acids is 1. The Morgan fingerprint density at radius 1 is 1.50 bits per heavy atom. The standard InChI is InChI=1S/C6H8N2O4/c1-2-3(5(10)11)7-6(12)8-4(2)9/h2-3H,1H3,(H,10,11)(H2,7,8,9,12)/t2-,3-/m0/s1. The molecule has 3 N–H and O–H groups in total. The van der Waals surface area contributed by atoms with Gasteiger partial charge in [0, 0.05) is 0 Å². The van der Waals surface area contributed by atoms with Crippen molar-refractivity contribution >= 4 is 17.9 Å². The van der Waals surface area contributed by atoms with Gasteiger partial charge in [0.2, 0.25) is 5.91 Å².